The third-order valence-electron chi connectivity index (χ3n) is 4.59. The van der Waals surface area contributed by atoms with Gasteiger partial charge in [-0.1, -0.05) is 0 Å². The molecule has 132 valence electrons. The van der Waals surface area contributed by atoms with E-state index in [1.54, 1.807) is 6.20 Å². The van der Waals surface area contributed by atoms with Gasteiger partial charge in [-0.05, 0) is 18.2 Å². The highest BCUT2D eigenvalue weighted by Crippen LogP contribution is 2.29. The summed E-state index contributed by atoms with van der Waals surface area (Å²) in [6, 6.07) is 8.08. The van der Waals surface area contributed by atoms with Crippen molar-refractivity contribution in [1.29, 1.82) is 0 Å². The van der Waals surface area contributed by atoms with Gasteiger partial charge in [0.1, 0.15) is 11.6 Å². The summed E-state index contributed by atoms with van der Waals surface area (Å²) in [7, 11) is 0. The standard InChI is InChI=1S/C18H23N5O2/c19-17-2-1-14(13-20-17)16-11-15(22-3-7-24-8-4-22)12-18(21-16)23-5-9-25-10-6-23/h1-2,11-13H,3-10H2,(H2,19,20). The predicted octanol–water partition coefficient (Wildman–Crippen LogP) is 1.40. The Morgan fingerprint density at radius 2 is 1.56 bits per heavy atom. The van der Waals surface area contributed by atoms with Crippen molar-refractivity contribution in [2.75, 3.05) is 68.1 Å². The first kappa shape index (κ1) is 16.1. The van der Waals surface area contributed by atoms with E-state index >= 15 is 0 Å². The van der Waals surface area contributed by atoms with E-state index < -0.39 is 0 Å². The summed E-state index contributed by atoms with van der Waals surface area (Å²) in [5.74, 6) is 1.50. The van der Waals surface area contributed by atoms with Gasteiger partial charge in [-0.15, -0.1) is 0 Å². The van der Waals surface area contributed by atoms with Crippen LogP contribution in [0.15, 0.2) is 30.5 Å². The van der Waals surface area contributed by atoms with Crippen molar-refractivity contribution in [3.8, 4) is 11.3 Å². The summed E-state index contributed by atoms with van der Waals surface area (Å²) in [4.78, 5) is 13.7. The van der Waals surface area contributed by atoms with Gasteiger partial charge in [-0.2, -0.15) is 0 Å². The molecule has 0 unspecified atom stereocenters. The highest BCUT2D eigenvalue weighted by molar-refractivity contribution is 5.69. The third-order valence-corrected chi connectivity index (χ3v) is 4.59. The van der Waals surface area contributed by atoms with Gasteiger partial charge in [-0.25, -0.2) is 9.97 Å². The first-order chi connectivity index (χ1) is 12.3. The maximum absolute atomic E-state index is 5.72. The molecule has 4 rings (SSSR count). The van der Waals surface area contributed by atoms with Gasteiger partial charge in [0.15, 0.2) is 0 Å². The number of hydrogen-bond acceptors (Lipinski definition) is 7. The molecular weight excluding hydrogens is 318 g/mol. The molecule has 2 aromatic heterocycles. The van der Waals surface area contributed by atoms with Crippen molar-refractivity contribution < 1.29 is 9.47 Å². The Morgan fingerprint density at radius 1 is 0.880 bits per heavy atom. The lowest BCUT2D eigenvalue weighted by atomic mass is 10.1. The van der Waals surface area contributed by atoms with Crippen LogP contribution in [-0.4, -0.2) is 62.6 Å². The van der Waals surface area contributed by atoms with Crippen molar-refractivity contribution >= 4 is 17.3 Å². The van der Waals surface area contributed by atoms with Crippen molar-refractivity contribution in [2.24, 2.45) is 0 Å². The molecule has 2 saturated heterocycles. The lowest BCUT2D eigenvalue weighted by Gasteiger charge is -2.32. The molecule has 4 heterocycles. The third kappa shape index (κ3) is 3.67. The molecule has 2 N–H and O–H groups in total. The van der Waals surface area contributed by atoms with E-state index in [-0.39, 0.29) is 0 Å². The number of nitrogens with zero attached hydrogens (tertiary/aromatic N) is 4. The van der Waals surface area contributed by atoms with Crippen molar-refractivity contribution in [3.63, 3.8) is 0 Å². The number of hydrogen-bond donors (Lipinski definition) is 1. The first-order valence-electron chi connectivity index (χ1n) is 8.69. The molecule has 0 amide bonds. The van der Waals surface area contributed by atoms with Crippen molar-refractivity contribution in [2.45, 2.75) is 0 Å². The Balaban J connectivity index is 1.72. The van der Waals surface area contributed by atoms with Crippen LogP contribution in [0.2, 0.25) is 0 Å². The molecule has 25 heavy (non-hydrogen) atoms. The van der Waals surface area contributed by atoms with E-state index in [0.717, 1.165) is 69.7 Å². The van der Waals surface area contributed by atoms with Crippen LogP contribution in [0.25, 0.3) is 11.3 Å². The monoisotopic (exact) mass is 341 g/mol. The molecule has 0 aliphatic carbocycles. The lowest BCUT2D eigenvalue weighted by Crippen LogP contribution is -2.38. The van der Waals surface area contributed by atoms with Crippen LogP contribution >= 0.6 is 0 Å². The zero-order valence-corrected chi connectivity index (χ0v) is 14.2. The summed E-state index contributed by atoms with van der Waals surface area (Å²) >= 11 is 0. The van der Waals surface area contributed by atoms with Crippen LogP contribution in [-0.2, 0) is 9.47 Å². The van der Waals surface area contributed by atoms with Crippen molar-refractivity contribution in [3.05, 3.63) is 30.5 Å². The van der Waals surface area contributed by atoms with E-state index in [1.165, 1.54) is 5.69 Å². The van der Waals surface area contributed by atoms with Crippen LogP contribution in [0.5, 0.6) is 0 Å². The molecule has 2 aromatic rings. The van der Waals surface area contributed by atoms with Gasteiger partial charge in [-0.3, -0.25) is 0 Å². The summed E-state index contributed by atoms with van der Waals surface area (Å²) in [5.41, 5.74) is 8.78. The van der Waals surface area contributed by atoms with Gasteiger partial charge in [0.25, 0.3) is 0 Å². The largest absolute Gasteiger partial charge is 0.384 e. The van der Waals surface area contributed by atoms with Crippen LogP contribution in [0.1, 0.15) is 0 Å². The average molecular weight is 341 g/mol. The van der Waals surface area contributed by atoms with Gasteiger partial charge < -0.3 is 25.0 Å². The van der Waals surface area contributed by atoms with Crippen LogP contribution in [0.3, 0.4) is 0 Å². The number of ether oxygens (including phenoxy) is 2. The quantitative estimate of drug-likeness (QED) is 0.904. The van der Waals surface area contributed by atoms with Crippen LogP contribution < -0.4 is 15.5 Å². The molecule has 0 atom stereocenters. The Hall–Kier alpha value is -2.38. The highest BCUT2D eigenvalue weighted by atomic mass is 16.5. The van der Waals surface area contributed by atoms with E-state index in [4.69, 9.17) is 20.2 Å². The topological polar surface area (TPSA) is 76.7 Å². The summed E-state index contributed by atoms with van der Waals surface area (Å²) in [6.07, 6.45) is 1.78. The zero-order chi connectivity index (χ0) is 17.1. The minimum atomic E-state index is 0.515. The SMILES string of the molecule is Nc1ccc(-c2cc(N3CCOCC3)cc(N3CCOCC3)n2)cn1. The smallest absolute Gasteiger partial charge is 0.131 e. The predicted molar refractivity (Wildman–Crippen MR) is 97.9 cm³/mol. The molecule has 0 radical (unpaired) electrons. The summed E-state index contributed by atoms with van der Waals surface area (Å²) in [5, 5.41) is 0. The number of nitrogens with two attached hydrogens (primary N) is 1. The van der Waals surface area contributed by atoms with E-state index in [2.05, 4.69) is 26.9 Å². The first-order valence-corrected chi connectivity index (χ1v) is 8.69. The molecule has 2 aliphatic heterocycles. The van der Waals surface area contributed by atoms with Crippen molar-refractivity contribution in [1.82, 2.24) is 9.97 Å². The number of morpholine rings is 2. The Bertz CT molecular complexity index is 674. The van der Waals surface area contributed by atoms with Gasteiger partial charge in [0.2, 0.25) is 0 Å². The zero-order valence-electron chi connectivity index (χ0n) is 14.2. The van der Waals surface area contributed by atoms with E-state index in [1.807, 2.05) is 12.1 Å². The molecular formula is C18H23N5O2. The Morgan fingerprint density at radius 3 is 2.20 bits per heavy atom. The Labute approximate surface area is 147 Å². The number of pyridine rings is 2. The fraction of sp³-hybridized carbons (Fsp3) is 0.444. The minimum absolute atomic E-state index is 0.515. The maximum atomic E-state index is 5.72. The molecule has 7 heteroatoms. The molecule has 7 nitrogen and oxygen atoms in total. The Kier molecular flexibility index (Phi) is 4.67. The number of nitrogen functional groups attached to an aromatic ring is 1. The number of aromatic nitrogens is 2. The minimum Gasteiger partial charge on any atom is -0.384 e. The second kappa shape index (κ2) is 7.25. The fourth-order valence-corrected chi connectivity index (χ4v) is 3.17. The molecule has 0 saturated carbocycles. The summed E-state index contributed by atoms with van der Waals surface area (Å²) < 4.78 is 11.0. The van der Waals surface area contributed by atoms with Crippen LogP contribution in [0.4, 0.5) is 17.3 Å². The number of anilines is 3. The highest BCUT2D eigenvalue weighted by Gasteiger charge is 2.18. The molecule has 0 bridgehead atoms. The molecule has 0 spiro atoms. The van der Waals surface area contributed by atoms with Gasteiger partial charge in [0, 0.05) is 49.7 Å². The maximum Gasteiger partial charge on any atom is 0.131 e. The lowest BCUT2D eigenvalue weighted by molar-refractivity contribution is 0.122. The number of rotatable bonds is 3. The average Bonchev–Trinajstić information content (AvgIpc) is 2.69. The van der Waals surface area contributed by atoms with E-state index in [9.17, 15) is 0 Å². The van der Waals surface area contributed by atoms with Gasteiger partial charge in [0.05, 0.1) is 32.1 Å². The van der Waals surface area contributed by atoms with Gasteiger partial charge >= 0.3 is 0 Å². The second-order valence-electron chi connectivity index (χ2n) is 6.24. The van der Waals surface area contributed by atoms with Crippen LogP contribution in [0, 0.1) is 0 Å². The molecule has 2 fully saturated rings. The van der Waals surface area contributed by atoms with E-state index in [0.29, 0.717) is 5.82 Å². The fourth-order valence-electron chi connectivity index (χ4n) is 3.17. The normalized spacial score (nSPS) is 18.4. The molecule has 2 aliphatic rings. The summed E-state index contributed by atoms with van der Waals surface area (Å²) in [6.45, 7) is 6.50. The molecule has 0 aromatic carbocycles. The second-order valence-corrected chi connectivity index (χ2v) is 6.24.